The van der Waals surface area contributed by atoms with Crippen molar-refractivity contribution in [1.29, 1.82) is 0 Å². The Morgan fingerprint density at radius 1 is 0.622 bits per heavy atom. The van der Waals surface area contributed by atoms with Gasteiger partial charge in [-0.1, -0.05) is 90.9 Å². The highest BCUT2D eigenvalue weighted by Crippen LogP contribution is 2.13. The summed E-state index contributed by atoms with van der Waals surface area (Å²) in [4.78, 5) is 0. The zero-order valence-electron chi connectivity index (χ0n) is 23.1. The lowest BCUT2D eigenvalue weighted by atomic mass is 10.1. The molecular weight excluding hydrogens is 454 g/mol. The molecule has 0 saturated carbocycles. The molecule has 4 heteroatoms. The minimum absolute atomic E-state index is 0.731. The normalized spacial score (nSPS) is 10.6. The van der Waals surface area contributed by atoms with E-state index >= 15 is 0 Å². The SMILES string of the molecule is C/C(=C\c1ccccc1)CCN.COc1ccc(CCCCN)cc1.NCCCCCc1ccccc1. The number of methoxy groups -OCH3 is 1. The van der Waals surface area contributed by atoms with Crippen LogP contribution in [-0.2, 0) is 12.8 Å². The third kappa shape index (κ3) is 17.2. The topological polar surface area (TPSA) is 87.3 Å². The number of unbranched alkanes of at least 4 members (excludes halogenated alkanes) is 3. The number of nitrogens with two attached hydrogens (primary N) is 3. The molecule has 0 aliphatic carbocycles. The second kappa shape index (κ2) is 22.3. The molecule has 0 bridgehead atoms. The summed E-state index contributed by atoms with van der Waals surface area (Å²) in [6, 6.07) is 29.1. The van der Waals surface area contributed by atoms with E-state index in [9.17, 15) is 0 Å². The maximum Gasteiger partial charge on any atom is 0.118 e. The number of hydrogen-bond donors (Lipinski definition) is 3. The molecule has 202 valence electrons. The first-order valence-electron chi connectivity index (χ1n) is 13.6. The Morgan fingerprint density at radius 3 is 1.68 bits per heavy atom. The van der Waals surface area contributed by atoms with E-state index in [0.29, 0.717) is 0 Å². The highest BCUT2D eigenvalue weighted by atomic mass is 16.5. The van der Waals surface area contributed by atoms with Gasteiger partial charge in [0.1, 0.15) is 5.75 Å². The fourth-order valence-corrected chi connectivity index (χ4v) is 3.69. The van der Waals surface area contributed by atoms with Crippen molar-refractivity contribution < 1.29 is 4.74 Å². The first kappa shape index (κ1) is 32.1. The molecule has 0 amide bonds. The third-order valence-corrected chi connectivity index (χ3v) is 5.84. The summed E-state index contributed by atoms with van der Waals surface area (Å²) in [6.45, 7) is 4.46. The summed E-state index contributed by atoms with van der Waals surface area (Å²) in [5.41, 5.74) is 21.7. The number of aryl methyl sites for hydroxylation is 2. The molecule has 0 atom stereocenters. The Labute approximate surface area is 225 Å². The fraction of sp³-hybridized carbons (Fsp3) is 0.394. The zero-order chi connectivity index (χ0) is 27.0. The summed E-state index contributed by atoms with van der Waals surface area (Å²) in [5, 5.41) is 0. The van der Waals surface area contributed by atoms with E-state index in [1.807, 2.05) is 30.3 Å². The van der Waals surface area contributed by atoms with Crippen LogP contribution in [0.1, 0.15) is 62.1 Å². The van der Waals surface area contributed by atoms with Crippen molar-refractivity contribution in [3.8, 4) is 5.75 Å². The van der Waals surface area contributed by atoms with Crippen LogP contribution in [0.4, 0.5) is 0 Å². The minimum Gasteiger partial charge on any atom is -0.497 e. The third-order valence-electron chi connectivity index (χ3n) is 5.84. The summed E-state index contributed by atoms with van der Waals surface area (Å²) in [5.74, 6) is 0.919. The summed E-state index contributed by atoms with van der Waals surface area (Å²) in [6.07, 6.45) is 11.4. The number of hydrogen-bond acceptors (Lipinski definition) is 4. The van der Waals surface area contributed by atoms with E-state index in [-0.39, 0.29) is 0 Å². The van der Waals surface area contributed by atoms with E-state index < -0.39 is 0 Å². The smallest absolute Gasteiger partial charge is 0.118 e. The Bertz CT molecular complexity index is 925. The molecule has 0 saturated heterocycles. The summed E-state index contributed by atoms with van der Waals surface area (Å²) in [7, 11) is 1.68. The van der Waals surface area contributed by atoms with Gasteiger partial charge < -0.3 is 21.9 Å². The van der Waals surface area contributed by atoms with Crippen molar-refractivity contribution in [1.82, 2.24) is 0 Å². The van der Waals surface area contributed by atoms with E-state index in [1.54, 1.807) is 7.11 Å². The Hall–Kier alpha value is -2.92. The predicted octanol–water partition coefficient (Wildman–Crippen LogP) is 6.77. The van der Waals surface area contributed by atoms with Crippen molar-refractivity contribution in [3.63, 3.8) is 0 Å². The van der Waals surface area contributed by atoms with Crippen molar-refractivity contribution in [2.24, 2.45) is 17.2 Å². The maximum absolute atomic E-state index is 5.44. The number of benzene rings is 3. The van der Waals surface area contributed by atoms with Gasteiger partial charge in [0.05, 0.1) is 7.11 Å². The lowest BCUT2D eigenvalue weighted by molar-refractivity contribution is 0.414. The molecule has 0 heterocycles. The Morgan fingerprint density at radius 2 is 1.14 bits per heavy atom. The largest absolute Gasteiger partial charge is 0.497 e. The van der Waals surface area contributed by atoms with Gasteiger partial charge in [0.2, 0.25) is 0 Å². The van der Waals surface area contributed by atoms with Crippen molar-refractivity contribution in [2.75, 3.05) is 26.7 Å². The molecule has 3 rings (SSSR count). The van der Waals surface area contributed by atoms with Gasteiger partial charge in [0.15, 0.2) is 0 Å². The van der Waals surface area contributed by atoms with Gasteiger partial charge in [0, 0.05) is 0 Å². The first-order chi connectivity index (χ1) is 18.1. The first-order valence-corrected chi connectivity index (χ1v) is 13.6. The van der Waals surface area contributed by atoms with Crippen LogP contribution in [0.5, 0.6) is 5.75 Å². The van der Waals surface area contributed by atoms with Crippen LogP contribution >= 0.6 is 0 Å². The predicted molar refractivity (Wildman–Crippen MR) is 162 cm³/mol. The van der Waals surface area contributed by atoms with Crippen LogP contribution in [0.2, 0.25) is 0 Å². The molecule has 0 unspecified atom stereocenters. The Balaban J connectivity index is 0.000000278. The van der Waals surface area contributed by atoms with Crippen molar-refractivity contribution in [2.45, 2.75) is 58.3 Å². The molecule has 0 aliphatic rings. The number of ether oxygens (including phenoxy) is 1. The van der Waals surface area contributed by atoms with Crippen LogP contribution in [-0.4, -0.2) is 26.7 Å². The van der Waals surface area contributed by atoms with Gasteiger partial charge in [-0.25, -0.2) is 0 Å². The molecular formula is C33H49N3O. The molecule has 37 heavy (non-hydrogen) atoms. The molecule has 3 aromatic carbocycles. The highest BCUT2D eigenvalue weighted by molar-refractivity contribution is 5.51. The van der Waals surface area contributed by atoms with Crippen LogP contribution < -0.4 is 21.9 Å². The molecule has 4 nitrogen and oxygen atoms in total. The lowest BCUT2D eigenvalue weighted by Gasteiger charge is -2.02. The molecule has 0 radical (unpaired) electrons. The Kier molecular flexibility index (Phi) is 19.3. The molecule has 3 aromatic rings. The van der Waals surface area contributed by atoms with Crippen LogP contribution in [0, 0.1) is 0 Å². The molecule has 6 N–H and O–H groups in total. The number of rotatable bonds is 13. The van der Waals surface area contributed by atoms with Gasteiger partial charge in [-0.3, -0.25) is 0 Å². The second-order valence-electron chi connectivity index (χ2n) is 9.12. The molecule has 0 aliphatic heterocycles. The quantitative estimate of drug-likeness (QED) is 0.225. The minimum atomic E-state index is 0.731. The summed E-state index contributed by atoms with van der Waals surface area (Å²) < 4.78 is 5.07. The second-order valence-corrected chi connectivity index (χ2v) is 9.12. The molecule has 0 spiro atoms. The highest BCUT2D eigenvalue weighted by Gasteiger charge is 1.94. The van der Waals surface area contributed by atoms with E-state index in [4.69, 9.17) is 21.9 Å². The van der Waals surface area contributed by atoms with E-state index in [1.165, 1.54) is 47.9 Å². The van der Waals surface area contributed by atoms with Crippen molar-refractivity contribution in [3.05, 3.63) is 107 Å². The average molecular weight is 504 g/mol. The van der Waals surface area contributed by atoms with Gasteiger partial charge in [0.25, 0.3) is 0 Å². The van der Waals surface area contributed by atoms with Gasteiger partial charge in [-0.2, -0.15) is 0 Å². The van der Waals surface area contributed by atoms with Gasteiger partial charge in [-0.05, 0) is 100 Å². The maximum atomic E-state index is 5.44. The van der Waals surface area contributed by atoms with E-state index in [2.05, 4.69) is 67.6 Å². The van der Waals surface area contributed by atoms with Crippen LogP contribution in [0.15, 0.2) is 90.5 Å². The lowest BCUT2D eigenvalue weighted by Crippen LogP contribution is -1.98. The zero-order valence-corrected chi connectivity index (χ0v) is 23.1. The average Bonchev–Trinajstić information content (AvgIpc) is 2.94. The standard InChI is InChI=1S/C11H17NO.C11H15N.C11H17N/c1-13-11-7-5-10(6-8-11)4-2-3-9-12;1-10(7-8-12)9-11-5-3-2-4-6-11;12-10-6-2-5-9-11-7-3-1-4-8-11/h5-8H,2-4,9,12H2,1H3;2-6,9H,7-8,12H2,1H3;1,3-4,7-8H,2,5-6,9-10,12H2/b;10-9+;. The van der Waals surface area contributed by atoms with Gasteiger partial charge >= 0.3 is 0 Å². The van der Waals surface area contributed by atoms with Crippen LogP contribution in [0.25, 0.3) is 6.08 Å². The molecule has 0 aromatic heterocycles. The van der Waals surface area contributed by atoms with Crippen LogP contribution in [0.3, 0.4) is 0 Å². The van der Waals surface area contributed by atoms with Gasteiger partial charge in [-0.15, -0.1) is 0 Å². The fourth-order valence-electron chi connectivity index (χ4n) is 3.69. The summed E-state index contributed by atoms with van der Waals surface area (Å²) >= 11 is 0. The monoisotopic (exact) mass is 503 g/mol. The van der Waals surface area contributed by atoms with Crippen molar-refractivity contribution >= 4 is 6.08 Å². The molecule has 0 fully saturated rings. The van der Waals surface area contributed by atoms with E-state index in [0.717, 1.165) is 51.1 Å².